The summed E-state index contributed by atoms with van der Waals surface area (Å²) in [6.07, 6.45) is 4.85. The normalized spacial score (nSPS) is 16.2. The Kier molecular flexibility index (Phi) is 7.02. The van der Waals surface area contributed by atoms with Gasteiger partial charge in [0.2, 0.25) is 0 Å². The summed E-state index contributed by atoms with van der Waals surface area (Å²) in [6, 6.07) is 0. The molecule has 2 atom stereocenters. The highest BCUT2D eigenvalue weighted by Crippen LogP contribution is 2.37. The third-order valence-electron chi connectivity index (χ3n) is 3.42. The average Bonchev–Trinajstić information content (AvgIpc) is 2.28. The van der Waals surface area contributed by atoms with E-state index < -0.39 is 5.41 Å². The van der Waals surface area contributed by atoms with Gasteiger partial charge in [0.25, 0.3) is 0 Å². The quantitative estimate of drug-likeness (QED) is 0.510. The Hall–Kier alpha value is -0.860. The van der Waals surface area contributed by atoms with Gasteiger partial charge in [0.05, 0.1) is 12.0 Å². The van der Waals surface area contributed by atoms with Crippen LogP contribution in [0.25, 0.3) is 0 Å². The van der Waals surface area contributed by atoms with Crippen molar-refractivity contribution in [2.45, 2.75) is 53.4 Å². The molecule has 0 spiro atoms. The second-order valence-electron chi connectivity index (χ2n) is 4.42. The highest BCUT2D eigenvalue weighted by atomic mass is 16.5. The van der Waals surface area contributed by atoms with Gasteiger partial charge in [-0.05, 0) is 45.2 Å². The molecule has 0 saturated carbocycles. The van der Waals surface area contributed by atoms with Crippen LogP contribution < -0.4 is 0 Å². The van der Waals surface area contributed by atoms with Gasteiger partial charge in [0.1, 0.15) is 0 Å². The number of hydrogen-bond donors (Lipinski definition) is 1. The number of rotatable bonds is 8. The zero-order valence-electron chi connectivity index (χ0n) is 11.0. The molecule has 0 heterocycles. The Bertz CT molecular complexity index is 228. The van der Waals surface area contributed by atoms with Crippen LogP contribution in [0.5, 0.6) is 0 Å². The second kappa shape index (κ2) is 7.42. The van der Waals surface area contributed by atoms with Crippen molar-refractivity contribution in [1.82, 2.24) is 0 Å². The van der Waals surface area contributed by atoms with Gasteiger partial charge in [0.15, 0.2) is 0 Å². The van der Waals surface area contributed by atoms with Gasteiger partial charge < -0.3 is 10.1 Å². The Morgan fingerprint density at radius 1 is 1.44 bits per heavy atom. The first-order valence-corrected chi connectivity index (χ1v) is 6.22. The van der Waals surface area contributed by atoms with Crippen LogP contribution in [0.3, 0.4) is 0 Å². The van der Waals surface area contributed by atoms with Crippen molar-refractivity contribution in [1.29, 1.82) is 5.41 Å². The fraction of sp³-hybridized carbons (Fsp3) is 0.846. The van der Waals surface area contributed by atoms with E-state index in [0.29, 0.717) is 13.0 Å². The fourth-order valence-corrected chi connectivity index (χ4v) is 2.08. The van der Waals surface area contributed by atoms with E-state index in [-0.39, 0.29) is 11.9 Å². The first-order chi connectivity index (χ1) is 7.56. The molecule has 0 aromatic carbocycles. The maximum atomic E-state index is 12.0. The minimum absolute atomic E-state index is 0.113. The van der Waals surface area contributed by atoms with Crippen LogP contribution in [0.2, 0.25) is 0 Å². The Morgan fingerprint density at radius 2 is 2.06 bits per heavy atom. The Balaban J connectivity index is 4.84. The van der Waals surface area contributed by atoms with Crippen molar-refractivity contribution in [3.05, 3.63) is 0 Å². The molecule has 0 radical (unpaired) electrons. The summed E-state index contributed by atoms with van der Waals surface area (Å²) in [5.74, 6) is 0.108. The van der Waals surface area contributed by atoms with E-state index in [1.807, 2.05) is 20.8 Å². The smallest absolute Gasteiger partial charge is 0.312 e. The SMILES string of the molecule is CCC[C@@H](CC=N)C(C)(CC)C(=O)OCC. The molecule has 0 saturated heterocycles. The number of ether oxygens (including phenoxy) is 1. The zero-order chi connectivity index (χ0) is 12.6. The van der Waals surface area contributed by atoms with Crippen LogP contribution in [0.15, 0.2) is 0 Å². The summed E-state index contributed by atoms with van der Waals surface area (Å²) in [6.45, 7) is 8.35. The Labute approximate surface area is 99.1 Å². The number of esters is 1. The average molecular weight is 227 g/mol. The summed E-state index contributed by atoms with van der Waals surface area (Å²) >= 11 is 0. The third-order valence-corrected chi connectivity index (χ3v) is 3.42. The largest absolute Gasteiger partial charge is 0.466 e. The lowest BCUT2D eigenvalue weighted by atomic mass is 9.71. The molecule has 0 rings (SSSR count). The van der Waals surface area contributed by atoms with E-state index >= 15 is 0 Å². The van der Waals surface area contributed by atoms with Crippen molar-refractivity contribution >= 4 is 12.2 Å². The van der Waals surface area contributed by atoms with Crippen LogP contribution in [0, 0.1) is 16.7 Å². The van der Waals surface area contributed by atoms with E-state index in [4.69, 9.17) is 10.1 Å². The lowest BCUT2D eigenvalue weighted by molar-refractivity contribution is -0.158. The van der Waals surface area contributed by atoms with Crippen LogP contribution in [0.1, 0.15) is 53.4 Å². The molecule has 0 aliphatic carbocycles. The number of carbonyl (C=O) groups is 1. The molecule has 94 valence electrons. The van der Waals surface area contributed by atoms with Gasteiger partial charge in [-0.2, -0.15) is 0 Å². The molecule has 0 aliphatic rings. The van der Waals surface area contributed by atoms with Crippen LogP contribution in [-0.2, 0) is 9.53 Å². The lowest BCUT2D eigenvalue weighted by Crippen LogP contribution is -2.37. The minimum atomic E-state index is -0.441. The van der Waals surface area contributed by atoms with Crippen LogP contribution in [-0.4, -0.2) is 18.8 Å². The molecular weight excluding hydrogens is 202 g/mol. The first-order valence-electron chi connectivity index (χ1n) is 6.22. The van der Waals surface area contributed by atoms with Crippen molar-refractivity contribution in [2.24, 2.45) is 11.3 Å². The molecule has 3 nitrogen and oxygen atoms in total. The van der Waals surface area contributed by atoms with Crippen LogP contribution in [0.4, 0.5) is 0 Å². The van der Waals surface area contributed by atoms with Crippen molar-refractivity contribution in [2.75, 3.05) is 6.61 Å². The first kappa shape index (κ1) is 15.1. The zero-order valence-corrected chi connectivity index (χ0v) is 11.0. The molecule has 16 heavy (non-hydrogen) atoms. The van der Waals surface area contributed by atoms with E-state index in [9.17, 15) is 4.79 Å². The van der Waals surface area contributed by atoms with E-state index in [2.05, 4.69) is 6.92 Å². The van der Waals surface area contributed by atoms with Gasteiger partial charge >= 0.3 is 5.97 Å². The molecule has 0 aliphatic heterocycles. The maximum Gasteiger partial charge on any atom is 0.312 e. The molecular formula is C13H25NO2. The van der Waals surface area contributed by atoms with E-state index in [1.54, 1.807) is 0 Å². The van der Waals surface area contributed by atoms with E-state index in [1.165, 1.54) is 6.21 Å². The molecule has 0 amide bonds. The van der Waals surface area contributed by atoms with Crippen molar-refractivity contribution in [3.63, 3.8) is 0 Å². The molecule has 0 bridgehead atoms. The van der Waals surface area contributed by atoms with Gasteiger partial charge in [-0.25, -0.2) is 0 Å². The predicted molar refractivity (Wildman–Crippen MR) is 66.8 cm³/mol. The van der Waals surface area contributed by atoms with Gasteiger partial charge in [-0.1, -0.05) is 20.3 Å². The molecule has 0 aromatic rings. The van der Waals surface area contributed by atoms with Gasteiger partial charge in [0, 0.05) is 0 Å². The predicted octanol–water partition coefficient (Wildman–Crippen LogP) is 3.42. The maximum absolute atomic E-state index is 12.0. The van der Waals surface area contributed by atoms with Gasteiger partial charge in [-0.3, -0.25) is 4.79 Å². The third kappa shape index (κ3) is 3.62. The highest BCUT2D eigenvalue weighted by molar-refractivity contribution is 5.77. The number of carbonyl (C=O) groups excluding carboxylic acids is 1. The van der Waals surface area contributed by atoms with Crippen molar-refractivity contribution in [3.8, 4) is 0 Å². The molecule has 0 aromatic heterocycles. The topological polar surface area (TPSA) is 50.2 Å². The molecule has 1 unspecified atom stereocenters. The number of hydrogen-bond acceptors (Lipinski definition) is 3. The van der Waals surface area contributed by atoms with Crippen molar-refractivity contribution < 1.29 is 9.53 Å². The van der Waals surface area contributed by atoms with Gasteiger partial charge in [-0.15, -0.1) is 0 Å². The summed E-state index contributed by atoms with van der Waals surface area (Å²) in [4.78, 5) is 12.0. The second-order valence-corrected chi connectivity index (χ2v) is 4.42. The van der Waals surface area contributed by atoms with E-state index in [0.717, 1.165) is 19.3 Å². The summed E-state index contributed by atoms with van der Waals surface area (Å²) < 4.78 is 5.16. The minimum Gasteiger partial charge on any atom is -0.466 e. The summed E-state index contributed by atoms with van der Waals surface area (Å²) in [5, 5.41) is 7.23. The fourth-order valence-electron chi connectivity index (χ4n) is 2.08. The summed E-state index contributed by atoms with van der Waals surface area (Å²) in [5.41, 5.74) is -0.441. The lowest BCUT2D eigenvalue weighted by Gasteiger charge is -2.34. The standard InChI is InChI=1S/C13H25NO2/c1-5-8-11(9-10-14)13(4,6-2)12(15)16-7-3/h10-11,14H,5-9H2,1-4H3/t11-,13?/m0/s1. The van der Waals surface area contributed by atoms with Crippen LogP contribution >= 0.6 is 0 Å². The number of nitrogens with one attached hydrogen (secondary N) is 1. The molecule has 3 heteroatoms. The molecule has 0 fully saturated rings. The highest BCUT2D eigenvalue weighted by Gasteiger charge is 2.39. The monoisotopic (exact) mass is 227 g/mol. The summed E-state index contributed by atoms with van der Waals surface area (Å²) in [7, 11) is 0. The molecule has 1 N–H and O–H groups in total. The Morgan fingerprint density at radius 3 is 2.44 bits per heavy atom.